The van der Waals surface area contributed by atoms with E-state index in [1.807, 2.05) is 36.1 Å². The summed E-state index contributed by atoms with van der Waals surface area (Å²) in [6, 6.07) is 7.82. The predicted octanol–water partition coefficient (Wildman–Crippen LogP) is -0.159. The average Bonchev–Trinajstić information content (AvgIpc) is 2.67. The number of nitrogens with zero attached hydrogens (tertiary/aromatic N) is 2. The van der Waals surface area contributed by atoms with Crippen LogP contribution in [0.1, 0.15) is 24.2 Å². The van der Waals surface area contributed by atoms with Crippen molar-refractivity contribution in [2.75, 3.05) is 57.4 Å². The van der Waals surface area contributed by atoms with E-state index in [0.717, 1.165) is 37.4 Å². The molecular formula is C19H28N3O3+. The molecule has 0 spiro atoms. The van der Waals surface area contributed by atoms with Crippen molar-refractivity contribution in [3.8, 4) is 0 Å². The second kappa shape index (κ2) is 7.97. The second-order valence-electron chi connectivity index (χ2n) is 6.91. The van der Waals surface area contributed by atoms with Crippen molar-refractivity contribution < 1.29 is 19.2 Å². The summed E-state index contributed by atoms with van der Waals surface area (Å²) in [5.74, 6) is 0.342. The molecule has 0 aromatic heterocycles. The van der Waals surface area contributed by atoms with Gasteiger partial charge >= 0.3 is 0 Å². The van der Waals surface area contributed by atoms with Crippen LogP contribution in [0.3, 0.4) is 0 Å². The zero-order valence-corrected chi connectivity index (χ0v) is 15.2. The predicted molar refractivity (Wildman–Crippen MR) is 96.2 cm³/mol. The van der Waals surface area contributed by atoms with Gasteiger partial charge in [-0.2, -0.15) is 0 Å². The van der Waals surface area contributed by atoms with Crippen LogP contribution in [-0.2, 0) is 9.53 Å². The molecule has 2 fully saturated rings. The lowest BCUT2D eigenvalue weighted by Gasteiger charge is -2.38. The third-order valence-electron chi connectivity index (χ3n) is 5.35. The number of carbonyl (C=O) groups excluding carboxylic acids is 2. The minimum absolute atomic E-state index is 0.000314. The standard InChI is InChI=1S/C19H27N3O3/c1-15(19(24)22-11-13-25-14-12-22)20-7-9-21(10-8-20)18-5-3-17(4-6-18)16(2)23/h3-6,15H,7-14H2,1-2H3/p+1/t15-/m1/s1. The van der Waals surface area contributed by atoms with Crippen molar-refractivity contribution in [3.63, 3.8) is 0 Å². The van der Waals surface area contributed by atoms with Crippen LogP contribution in [-0.4, -0.2) is 75.1 Å². The summed E-state index contributed by atoms with van der Waals surface area (Å²) in [6.07, 6.45) is 0. The van der Waals surface area contributed by atoms with Crippen LogP contribution in [0.5, 0.6) is 0 Å². The average molecular weight is 346 g/mol. The molecule has 6 heteroatoms. The van der Waals surface area contributed by atoms with Crippen molar-refractivity contribution in [1.29, 1.82) is 0 Å². The molecule has 25 heavy (non-hydrogen) atoms. The first kappa shape index (κ1) is 17.9. The SMILES string of the molecule is CC(=O)c1ccc(N2CC[NH+]([C@H](C)C(=O)N3CCOCC3)CC2)cc1. The number of hydrogen-bond acceptors (Lipinski definition) is 4. The van der Waals surface area contributed by atoms with Gasteiger partial charge in [0.2, 0.25) is 0 Å². The summed E-state index contributed by atoms with van der Waals surface area (Å²) < 4.78 is 5.33. The highest BCUT2D eigenvalue weighted by atomic mass is 16.5. The number of ether oxygens (including phenoxy) is 1. The molecule has 2 aliphatic heterocycles. The fourth-order valence-corrected chi connectivity index (χ4v) is 3.62. The van der Waals surface area contributed by atoms with Crippen LogP contribution in [0.25, 0.3) is 0 Å². The number of piperazine rings is 1. The number of benzene rings is 1. The number of anilines is 1. The molecule has 3 rings (SSSR count). The molecule has 1 aromatic rings. The molecule has 1 amide bonds. The number of quaternary nitrogens is 1. The first-order chi connectivity index (χ1) is 12.1. The number of Topliss-reactive ketones (excluding diaryl/α,β-unsaturated/α-hetero) is 1. The van der Waals surface area contributed by atoms with Crippen molar-refractivity contribution in [2.24, 2.45) is 0 Å². The Balaban J connectivity index is 1.54. The van der Waals surface area contributed by atoms with Crippen LogP contribution in [0.4, 0.5) is 5.69 Å². The van der Waals surface area contributed by atoms with E-state index in [2.05, 4.69) is 4.90 Å². The molecule has 1 aromatic carbocycles. The van der Waals surface area contributed by atoms with Gasteiger partial charge < -0.3 is 19.4 Å². The Labute approximate surface area is 149 Å². The highest BCUT2D eigenvalue weighted by Crippen LogP contribution is 2.15. The highest BCUT2D eigenvalue weighted by Gasteiger charge is 2.32. The van der Waals surface area contributed by atoms with E-state index >= 15 is 0 Å². The Morgan fingerprint density at radius 2 is 1.64 bits per heavy atom. The Bertz CT molecular complexity index is 603. The lowest BCUT2D eigenvalue weighted by atomic mass is 10.1. The quantitative estimate of drug-likeness (QED) is 0.770. The summed E-state index contributed by atoms with van der Waals surface area (Å²) in [5, 5.41) is 0. The van der Waals surface area contributed by atoms with Crippen molar-refractivity contribution in [1.82, 2.24) is 4.90 Å². The first-order valence-electron chi connectivity index (χ1n) is 9.13. The van der Waals surface area contributed by atoms with Gasteiger partial charge in [-0.1, -0.05) is 0 Å². The molecular weight excluding hydrogens is 318 g/mol. The van der Waals surface area contributed by atoms with Crippen molar-refractivity contribution in [2.45, 2.75) is 19.9 Å². The number of carbonyl (C=O) groups is 2. The number of nitrogens with one attached hydrogen (secondary N) is 1. The summed E-state index contributed by atoms with van der Waals surface area (Å²) in [6.45, 7) is 10.1. The zero-order valence-electron chi connectivity index (χ0n) is 15.2. The Kier molecular flexibility index (Phi) is 5.71. The monoisotopic (exact) mass is 346 g/mol. The third-order valence-corrected chi connectivity index (χ3v) is 5.35. The maximum Gasteiger partial charge on any atom is 0.280 e. The first-order valence-corrected chi connectivity index (χ1v) is 9.13. The van der Waals surface area contributed by atoms with Crippen LogP contribution >= 0.6 is 0 Å². The zero-order chi connectivity index (χ0) is 17.8. The molecule has 136 valence electrons. The number of hydrogen-bond donors (Lipinski definition) is 1. The topological polar surface area (TPSA) is 54.3 Å². The second-order valence-corrected chi connectivity index (χ2v) is 6.91. The van der Waals surface area contributed by atoms with E-state index in [4.69, 9.17) is 4.74 Å². The molecule has 2 aliphatic rings. The molecule has 1 atom stereocenters. The molecule has 0 radical (unpaired) electrons. The summed E-state index contributed by atoms with van der Waals surface area (Å²) >= 11 is 0. The van der Waals surface area contributed by atoms with E-state index in [1.54, 1.807) is 6.92 Å². The summed E-state index contributed by atoms with van der Waals surface area (Å²) in [5.41, 5.74) is 1.90. The lowest BCUT2D eigenvalue weighted by molar-refractivity contribution is -0.915. The number of amides is 1. The maximum atomic E-state index is 12.7. The fourth-order valence-electron chi connectivity index (χ4n) is 3.62. The molecule has 0 unspecified atom stereocenters. The van der Waals surface area contributed by atoms with Crippen LogP contribution in [0.15, 0.2) is 24.3 Å². The van der Waals surface area contributed by atoms with Gasteiger partial charge in [-0.05, 0) is 38.1 Å². The molecule has 0 bridgehead atoms. The van der Waals surface area contributed by atoms with Gasteiger partial charge in [0.15, 0.2) is 11.8 Å². The van der Waals surface area contributed by atoms with Gasteiger partial charge in [0.25, 0.3) is 5.91 Å². The number of morpholine rings is 1. The fraction of sp³-hybridized carbons (Fsp3) is 0.579. The largest absolute Gasteiger partial charge is 0.378 e. The van der Waals surface area contributed by atoms with Crippen molar-refractivity contribution in [3.05, 3.63) is 29.8 Å². The van der Waals surface area contributed by atoms with Gasteiger partial charge in [-0.25, -0.2) is 0 Å². The van der Waals surface area contributed by atoms with E-state index in [0.29, 0.717) is 26.3 Å². The summed E-state index contributed by atoms with van der Waals surface area (Å²) in [7, 11) is 0. The van der Waals surface area contributed by atoms with Gasteiger partial charge in [0.05, 0.1) is 39.4 Å². The highest BCUT2D eigenvalue weighted by molar-refractivity contribution is 5.94. The Hall–Kier alpha value is -1.92. The molecule has 2 saturated heterocycles. The molecule has 6 nitrogen and oxygen atoms in total. The van der Waals surface area contributed by atoms with Gasteiger partial charge in [0, 0.05) is 24.3 Å². The molecule has 0 aliphatic carbocycles. The van der Waals surface area contributed by atoms with Gasteiger partial charge in [-0.3, -0.25) is 9.59 Å². The van der Waals surface area contributed by atoms with E-state index < -0.39 is 0 Å². The van der Waals surface area contributed by atoms with Gasteiger partial charge in [0.1, 0.15) is 0 Å². The smallest absolute Gasteiger partial charge is 0.280 e. The maximum absolute atomic E-state index is 12.7. The van der Waals surface area contributed by atoms with E-state index in [-0.39, 0.29) is 17.7 Å². The van der Waals surface area contributed by atoms with Gasteiger partial charge in [-0.15, -0.1) is 0 Å². The minimum atomic E-state index is 0.000314. The van der Waals surface area contributed by atoms with Crippen molar-refractivity contribution >= 4 is 17.4 Å². The molecule has 0 saturated carbocycles. The molecule has 1 N–H and O–H groups in total. The van der Waals surface area contributed by atoms with E-state index in [1.165, 1.54) is 4.90 Å². The normalized spacial score (nSPS) is 20.4. The van der Waals surface area contributed by atoms with Crippen LogP contribution in [0.2, 0.25) is 0 Å². The molecule has 2 heterocycles. The Morgan fingerprint density at radius 1 is 1.04 bits per heavy atom. The van der Waals surface area contributed by atoms with Crippen LogP contribution < -0.4 is 9.80 Å². The Morgan fingerprint density at radius 3 is 2.20 bits per heavy atom. The minimum Gasteiger partial charge on any atom is -0.378 e. The lowest BCUT2D eigenvalue weighted by Crippen LogP contribution is -3.19. The number of rotatable bonds is 4. The third kappa shape index (κ3) is 4.19. The van der Waals surface area contributed by atoms with E-state index in [9.17, 15) is 9.59 Å². The number of ketones is 1. The summed E-state index contributed by atoms with van der Waals surface area (Å²) in [4.78, 5) is 29.7. The van der Waals surface area contributed by atoms with Crippen LogP contribution in [0, 0.1) is 0 Å².